The predicted molar refractivity (Wildman–Crippen MR) is 112 cm³/mol. The topological polar surface area (TPSA) is 132 Å². The Hall–Kier alpha value is -2.69. The number of aromatic nitrogens is 4. The standard InChI is InChI=1S/C19H29N5O5S/c1-30-13-11-20-16(25)7-5-6-15-14-23(22-21-15)12-4-2-3-8-19(28)29-24-17(26)9-10-18(24)27/h9-10,14,26-27H,2-8,11-13H2,1H3,(H,20,25). The maximum absolute atomic E-state index is 11.8. The van der Waals surface area contributed by atoms with Gasteiger partial charge in [-0.15, -0.1) is 9.83 Å². The van der Waals surface area contributed by atoms with E-state index in [1.807, 2.05) is 12.5 Å². The number of amides is 1. The van der Waals surface area contributed by atoms with Crippen LogP contribution in [-0.4, -0.2) is 60.4 Å². The molecule has 11 heteroatoms. The molecule has 0 fully saturated rings. The first-order chi connectivity index (χ1) is 14.5. The van der Waals surface area contributed by atoms with Crippen molar-refractivity contribution < 1.29 is 24.6 Å². The van der Waals surface area contributed by atoms with Crippen LogP contribution in [-0.2, 0) is 22.6 Å². The third kappa shape index (κ3) is 8.36. The van der Waals surface area contributed by atoms with Gasteiger partial charge >= 0.3 is 5.97 Å². The fourth-order valence-electron chi connectivity index (χ4n) is 2.74. The van der Waals surface area contributed by atoms with E-state index < -0.39 is 5.97 Å². The number of rotatable bonds is 14. The van der Waals surface area contributed by atoms with E-state index in [1.165, 1.54) is 12.1 Å². The molecule has 0 bridgehead atoms. The van der Waals surface area contributed by atoms with Crippen molar-refractivity contribution in [2.24, 2.45) is 0 Å². The van der Waals surface area contributed by atoms with Crippen LogP contribution in [0, 0.1) is 0 Å². The summed E-state index contributed by atoms with van der Waals surface area (Å²) >= 11 is 1.70. The summed E-state index contributed by atoms with van der Waals surface area (Å²) in [6, 6.07) is 2.47. The highest BCUT2D eigenvalue weighted by Crippen LogP contribution is 2.19. The molecule has 0 saturated carbocycles. The quantitative estimate of drug-likeness (QED) is 0.378. The second-order valence-corrected chi connectivity index (χ2v) is 7.77. The molecule has 1 amide bonds. The number of nitrogens with zero attached hydrogens (tertiary/aromatic N) is 4. The van der Waals surface area contributed by atoms with Crippen LogP contribution < -0.4 is 10.2 Å². The third-order valence-corrected chi connectivity index (χ3v) is 4.92. The Balaban J connectivity index is 1.55. The zero-order valence-corrected chi connectivity index (χ0v) is 17.9. The van der Waals surface area contributed by atoms with E-state index in [1.54, 1.807) is 16.4 Å². The lowest BCUT2D eigenvalue weighted by atomic mass is 10.2. The third-order valence-electron chi connectivity index (χ3n) is 4.31. The molecular formula is C19H29N5O5S. The molecule has 0 saturated heterocycles. The second kappa shape index (κ2) is 12.8. The monoisotopic (exact) mass is 439 g/mol. The Morgan fingerprint density at radius 3 is 2.63 bits per heavy atom. The van der Waals surface area contributed by atoms with Gasteiger partial charge in [0.2, 0.25) is 17.7 Å². The lowest BCUT2D eigenvalue weighted by Crippen LogP contribution is -2.25. The maximum Gasteiger partial charge on any atom is 0.333 e. The normalized spacial score (nSPS) is 10.8. The van der Waals surface area contributed by atoms with Crippen molar-refractivity contribution in [1.29, 1.82) is 0 Å². The van der Waals surface area contributed by atoms with Crippen LogP contribution in [0.2, 0.25) is 0 Å². The van der Waals surface area contributed by atoms with E-state index in [4.69, 9.17) is 4.84 Å². The van der Waals surface area contributed by atoms with Gasteiger partial charge in [-0.3, -0.25) is 9.48 Å². The smallest absolute Gasteiger partial charge is 0.333 e. The van der Waals surface area contributed by atoms with E-state index in [9.17, 15) is 19.8 Å². The van der Waals surface area contributed by atoms with Crippen LogP contribution >= 0.6 is 11.8 Å². The molecule has 0 aromatic carbocycles. The second-order valence-electron chi connectivity index (χ2n) is 6.79. The van der Waals surface area contributed by atoms with Crippen LogP contribution in [0.5, 0.6) is 11.8 Å². The van der Waals surface area contributed by atoms with Crippen molar-refractivity contribution in [2.75, 3.05) is 18.6 Å². The molecule has 2 aromatic heterocycles. The van der Waals surface area contributed by atoms with Crippen molar-refractivity contribution in [3.05, 3.63) is 24.0 Å². The van der Waals surface area contributed by atoms with Crippen LogP contribution in [0.1, 0.15) is 44.2 Å². The minimum Gasteiger partial charge on any atom is -0.492 e. The summed E-state index contributed by atoms with van der Waals surface area (Å²) in [5.41, 5.74) is 0.863. The van der Waals surface area contributed by atoms with Crippen LogP contribution in [0.25, 0.3) is 0 Å². The van der Waals surface area contributed by atoms with Gasteiger partial charge in [-0.1, -0.05) is 11.6 Å². The van der Waals surface area contributed by atoms with Crippen LogP contribution in [0.4, 0.5) is 0 Å². The van der Waals surface area contributed by atoms with E-state index in [-0.39, 0.29) is 24.1 Å². The number of aromatic hydroxyl groups is 2. The summed E-state index contributed by atoms with van der Waals surface area (Å²) in [6.07, 6.45) is 8.24. The van der Waals surface area contributed by atoms with Crippen molar-refractivity contribution >= 4 is 23.6 Å². The van der Waals surface area contributed by atoms with Gasteiger partial charge in [0, 0.05) is 50.0 Å². The summed E-state index contributed by atoms with van der Waals surface area (Å²) in [5, 5.41) is 30.0. The van der Waals surface area contributed by atoms with Gasteiger partial charge in [-0.2, -0.15) is 11.8 Å². The molecule has 0 aliphatic carbocycles. The molecule has 0 radical (unpaired) electrons. The highest BCUT2D eigenvalue weighted by atomic mass is 32.2. The molecule has 0 spiro atoms. The van der Waals surface area contributed by atoms with Crippen LogP contribution in [0.3, 0.4) is 0 Å². The Bertz CT molecular complexity index is 788. The Labute approximate surface area is 179 Å². The molecule has 0 aliphatic rings. The van der Waals surface area contributed by atoms with Crippen molar-refractivity contribution in [3.8, 4) is 11.8 Å². The Morgan fingerprint density at radius 2 is 1.90 bits per heavy atom. The Morgan fingerprint density at radius 1 is 1.13 bits per heavy atom. The van der Waals surface area contributed by atoms with Crippen molar-refractivity contribution in [1.82, 2.24) is 25.0 Å². The number of thioether (sulfide) groups is 1. The lowest BCUT2D eigenvalue weighted by Gasteiger charge is -2.06. The maximum atomic E-state index is 11.8. The fourth-order valence-corrected chi connectivity index (χ4v) is 3.04. The van der Waals surface area contributed by atoms with Crippen molar-refractivity contribution in [3.63, 3.8) is 0 Å². The van der Waals surface area contributed by atoms with Gasteiger partial charge in [0.25, 0.3) is 0 Å². The van der Waals surface area contributed by atoms with E-state index >= 15 is 0 Å². The van der Waals surface area contributed by atoms with E-state index in [0.29, 0.717) is 37.1 Å². The highest BCUT2D eigenvalue weighted by molar-refractivity contribution is 7.98. The molecule has 0 aliphatic heterocycles. The van der Waals surface area contributed by atoms with E-state index in [2.05, 4.69) is 15.6 Å². The summed E-state index contributed by atoms with van der Waals surface area (Å²) in [5.74, 6) is -0.214. The molecule has 30 heavy (non-hydrogen) atoms. The first-order valence-electron chi connectivity index (χ1n) is 9.95. The first kappa shape index (κ1) is 23.6. The van der Waals surface area contributed by atoms with Gasteiger partial charge in [0.1, 0.15) is 0 Å². The number of nitrogens with one attached hydrogen (secondary N) is 1. The number of hydrogen-bond donors (Lipinski definition) is 3. The summed E-state index contributed by atoms with van der Waals surface area (Å²) in [6.45, 7) is 1.39. The summed E-state index contributed by atoms with van der Waals surface area (Å²) < 4.78 is 2.45. The minimum atomic E-state index is -0.530. The predicted octanol–water partition coefficient (Wildman–Crippen LogP) is 1.51. The number of unbranched alkanes of at least 4 members (excludes halogenated alkanes) is 2. The summed E-state index contributed by atoms with van der Waals surface area (Å²) in [4.78, 5) is 28.3. The molecule has 2 aromatic rings. The van der Waals surface area contributed by atoms with Gasteiger partial charge < -0.3 is 20.4 Å². The molecule has 166 valence electrons. The zero-order chi connectivity index (χ0) is 21.8. The zero-order valence-electron chi connectivity index (χ0n) is 17.1. The molecule has 0 atom stereocenters. The number of hydrogen-bond acceptors (Lipinski definition) is 8. The van der Waals surface area contributed by atoms with E-state index in [0.717, 1.165) is 30.7 Å². The molecule has 2 rings (SSSR count). The molecular weight excluding hydrogens is 410 g/mol. The average Bonchev–Trinajstić information content (AvgIpc) is 3.29. The largest absolute Gasteiger partial charge is 0.492 e. The van der Waals surface area contributed by atoms with Crippen LogP contribution in [0.15, 0.2) is 18.3 Å². The molecule has 3 N–H and O–H groups in total. The van der Waals surface area contributed by atoms with Gasteiger partial charge in [-0.05, 0) is 31.9 Å². The van der Waals surface area contributed by atoms with Crippen molar-refractivity contribution in [2.45, 2.75) is 51.5 Å². The molecule has 2 heterocycles. The Kier molecular flexibility index (Phi) is 10.1. The van der Waals surface area contributed by atoms with Gasteiger partial charge in [-0.25, -0.2) is 4.79 Å². The van der Waals surface area contributed by atoms with Gasteiger partial charge in [0.05, 0.1) is 5.69 Å². The molecule has 10 nitrogen and oxygen atoms in total. The fraction of sp³-hybridized carbons (Fsp3) is 0.579. The summed E-state index contributed by atoms with van der Waals surface area (Å²) in [7, 11) is 0. The first-order valence-corrected chi connectivity index (χ1v) is 11.3. The minimum absolute atomic E-state index is 0.0668. The average molecular weight is 440 g/mol. The SMILES string of the molecule is CSCCNC(=O)CCCc1cn(CCCCCC(=O)On2c(O)ccc2O)nn1. The lowest BCUT2D eigenvalue weighted by molar-refractivity contribution is -0.145. The number of carbonyl (C=O) groups excluding carboxylic acids is 2. The highest BCUT2D eigenvalue weighted by Gasteiger charge is 2.12. The molecule has 0 unspecified atom stereocenters. The number of aryl methyl sites for hydroxylation is 2. The number of carbonyl (C=O) groups is 2. The van der Waals surface area contributed by atoms with Gasteiger partial charge in [0.15, 0.2) is 0 Å².